The number of hydrogen-bond donors (Lipinski definition) is 0. The van der Waals surface area contributed by atoms with Gasteiger partial charge in [0, 0.05) is 25.0 Å². The summed E-state index contributed by atoms with van der Waals surface area (Å²) in [5.74, 6) is 1.40. The van der Waals surface area contributed by atoms with Crippen molar-refractivity contribution in [3.63, 3.8) is 0 Å². The van der Waals surface area contributed by atoms with Crippen LogP contribution in [0.15, 0.2) is 82.0 Å². The van der Waals surface area contributed by atoms with Crippen LogP contribution in [0.2, 0.25) is 0 Å². The number of ether oxygens (including phenoxy) is 2. The lowest BCUT2D eigenvalue weighted by Gasteiger charge is -2.20. The van der Waals surface area contributed by atoms with Crippen molar-refractivity contribution in [1.82, 2.24) is 8.87 Å². The van der Waals surface area contributed by atoms with Crippen LogP contribution in [-0.4, -0.2) is 44.6 Å². The fraction of sp³-hybridized carbons (Fsp3) is 0.344. The highest BCUT2D eigenvalue weighted by molar-refractivity contribution is 7.89. The molecule has 0 bridgehead atoms. The van der Waals surface area contributed by atoms with Crippen LogP contribution in [0.3, 0.4) is 0 Å². The zero-order chi connectivity index (χ0) is 28.8. The average Bonchev–Trinajstić information content (AvgIpc) is 3.18. The van der Waals surface area contributed by atoms with Gasteiger partial charge in [-0.1, -0.05) is 48.7 Å². The molecule has 1 saturated heterocycles. The Morgan fingerprint density at radius 1 is 0.854 bits per heavy atom. The second-order valence-corrected chi connectivity index (χ2v) is 13.1. The molecule has 41 heavy (non-hydrogen) atoms. The van der Waals surface area contributed by atoms with Crippen molar-refractivity contribution < 1.29 is 17.9 Å². The highest BCUT2D eigenvalue weighted by atomic mass is 32.2. The van der Waals surface area contributed by atoms with E-state index >= 15 is 0 Å². The minimum Gasteiger partial charge on any atom is -0.493 e. The number of nitrogens with zero attached hydrogens (tertiary/aromatic N) is 3. The summed E-state index contributed by atoms with van der Waals surface area (Å²) in [4.78, 5) is 6.19. The predicted molar refractivity (Wildman–Crippen MR) is 165 cm³/mol. The van der Waals surface area contributed by atoms with E-state index in [4.69, 9.17) is 14.5 Å². The van der Waals surface area contributed by atoms with E-state index in [9.17, 15) is 8.42 Å². The smallest absolute Gasteiger partial charge is 0.243 e. The first-order valence-corrected chi connectivity index (χ1v) is 16.3. The molecule has 2 heterocycles. The Kier molecular flexibility index (Phi) is 9.27. The van der Waals surface area contributed by atoms with Gasteiger partial charge in [-0.15, -0.1) is 11.3 Å². The van der Waals surface area contributed by atoms with E-state index in [1.165, 1.54) is 5.56 Å². The van der Waals surface area contributed by atoms with E-state index in [0.29, 0.717) is 36.0 Å². The summed E-state index contributed by atoms with van der Waals surface area (Å²) >= 11 is 1.58. The second-order valence-electron chi connectivity index (χ2n) is 10.3. The summed E-state index contributed by atoms with van der Waals surface area (Å²) < 4.78 is 41.4. The van der Waals surface area contributed by atoms with E-state index in [2.05, 4.69) is 29.0 Å². The monoisotopic (exact) mass is 591 g/mol. The summed E-state index contributed by atoms with van der Waals surface area (Å²) in [7, 11) is -0.229. The molecule has 1 aliphatic heterocycles. The van der Waals surface area contributed by atoms with Gasteiger partial charge < -0.3 is 14.0 Å². The molecule has 7 nitrogen and oxygen atoms in total. The molecule has 0 atom stereocenters. The fourth-order valence-electron chi connectivity index (χ4n) is 5.10. The average molecular weight is 592 g/mol. The molecule has 4 aromatic rings. The van der Waals surface area contributed by atoms with Crippen LogP contribution in [-0.2, 0) is 23.0 Å². The van der Waals surface area contributed by atoms with E-state index < -0.39 is 10.0 Å². The Balaban J connectivity index is 1.48. The van der Waals surface area contributed by atoms with Gasteiger partial charge in [0.2, 0.25) is 10.0 Å². The Bertz CT molecular complexity index is 1630. The molecule has 0 unspecified atom stereocenters. The SMILES string of the molecule is COc1ccc(CCn2c(-c3ccc(S(=O)(=O)N4CCCCCC4)cc3)csc2=Nc2ccc(C)cc2)cc1OC. The lowest BCUT2D eigenvalue weighted by Crippen LogP contribution is -2.31. The van der Waals surface area contributed by atoms with Gasteiger partial charge in [0.25, 0.3) is 0 Å². The second kappa shape index (κ2) is 13.1. The molecular formula is C32H37N3O4S2. The van der Waals surface area contributed by atoms with Crippen molar-refractivity contribution in [3.05, 3.63) is 88.0 Å². The minimum absolute atomic E-state index is 0.347. The van der Waals surface area contributed by atoms with Gasteiger partial charge in [-0.2, -0.15) is 4.31 Å². The first-order valence-electron chi connectivity index (χ1n) is 14.0. The third kappa shape index (κ3) is 6.74. The van der Waals surface area contributed by atoms with Gasteiger partial charge in [-0.3, -0.25) is 0 Å². The molecule has 0 spiro atoms. The molecule has 0 aliphatic carbocycles. The summed E-state index contributed by atoms with van der Waals surface area (Å²) in [6, 6.07) is 21.4. The molecule has 3 aromatic carbocycles. The topological polar surface area (TPSA) is 73.1 Å². The summed E-state index contributed by atoms with van der Waals surface area (Å²) in [5, 5.41) is 2.10. The van der Waals surface area contributed by atoms with E-state index in [1.807, 2.05) is 42.5 Å². The molecule has 0 radical (unpaired) electrons. The highest BCUT2D eigenvalue weighted by Gasteiger charge is 2.25. The van der Waals surface area contributed by atoms with Crippen molar-refractivity contribution in [2.24, 2.45) is 4.99 Å². The van der Waals surface area contributed by atoms with Crippen molar-refractivity contribution >= 4 is 27.0 Å². The van der Waals surface area contributed by atoms with Gasteiger partial charge in [0.1, 0.15) is 0 Å². The van der Waals surface area contributed by atoms with E-state index in [1.54, 1.807) is 42.0 Å². The standard InChI is InChI=1S/C32H37N3O4S2/c1-24-8-13-27(14-9-24)33-32-35(21-18-25-10-17-30(38-2)31(22-25)39-3)29(23-40-32)26-11-15-28(16-12-26)41(36,37)34-19-6-4-5-7-20-34/h8-17,22-23H,4-7,18-21H2,1-3H3. The van der Waals surface area contributed by atoms with E-state index in [-0.39, 0.29) is 0 Å². The van der Waals surface area contributed by atoms with Gasteiger partial charge >= 0.3 is 0 Å². The number of aromatic nitrogens is 1. The quantitative estimate of drug-likeness (QED) is 0.220. The Labute approximate surface area is 246 Å². The molecule has 216 valence electrons. The molecule has 5 rings (SSSR count). The van der Waals surface area contributed by atoms with Crippen molar-refractivity contribution in [2.45, 2.75) is 50.5 Å². The molecule has 1 aromatic heterocycles. The molecule has 0 amide bonds. The van der Waals surface area contributed by atoms with Gasteiger partial charge in [0.15, 0.2) is 16.3 Å². The fourth-order valence-corrected chi connectivity index (χ4v) is 7.57. The number of hydrogen-bond acceptors (Lipinski definition) is 6. The maximum absolute atomic E-state index is 13.3. The number of methoxy groups -OCH3 is 2. The Morgan fingerprint density at radius 3 is 2.20 bits per heavy atom. The van der Waals surface area contributed by atoms with Crippen molar-refractivity contribution in [2.75, 3.05) is 27.3 Å². The highest BCUT2D eigenvalue weighted by Crippen LogP contribution is 2.29. The van der Waals surface area contributed by atoms with Crippen LogP contribution < -0.4 is 14.3 Å². The lowest BCUT2D eigenvalue weighted by atomic mass is 10.1. The number of rotatable bonds is 9. The van der Waals surface area contributed by atoms with Crippen LogP contribution >= 0.6 is 11.3 Å². The van der Waals surface area contributed by atoms with Gasteiger partial charge in [-0.05, 0) is 73.7 Å². The van der Waals surface area contributed by atoms with Crippen LogP contribution in [0.1, 0.15) is 36.8 Å². The van der Waals surface area contributed by atoms with Crippen LogP contribution in [0.4, 0.5) is 5.69 Å². The first kappa shape index (κ1) is 29.1. The normalized spacial score (nSPS) is 15.0. The lowest BCUT2D eigenvalue weighted by molar-refractivity contribution is 0.354. The Hall–Kier alpha value is -3.40. The molecule has 0 N–H and O–H groups in total. The molecule has 1 fully saturated rings. The van der Waals surface area contributed by atoms with E-state index in [0.717, 1.165) is 59.4 Å². The Morgan fingerprint density at radius 2 is 1.54 bits per heavy atom. The maximum atomic E-state index is 13.3. The number of sulfonamides is 1. The maximum Gasteiger partial charge on any atom is 0.243 e. The minimum atomic E-state index is -3.50. The predicted octanol–water partition coefficient (Wildman–Crippen LogP) is 6.58. The van der Waals surface area contributed by atoms with Gasteiger partial charge in [-0.25, -0.2) is 13.4 Å². The van der Waals surface area contributed by atoms with Crippen LogP contribution in [0.5, 0.6) is 11.5 Å². The molecule has 9 heteroatoms. The largest absolute Gasteiger partial charge is 0.493 e. The van der Waals surface area contributed by atoms with Crippen LogP contribution in [0, 0.1) is 6.92 Å². The van der Waals surface area contributed by atoms with Gasteiger partial charge in [0.05, 0.1) is 30.5 Å². The summed E-state index contributed by atoms with van der Waals surface area (Å²) in [6.45, 7) is 3.93. The third-order valence-corrected chi connectivity index (χ3v) is 10.3. The number of thiazole rings is 1. The van der Waals surface area contributed by atoms with Crippen molar-refractivity contribution in [3.8, 4) is 22.8 Å². The molecule has 0 saturated carbocycles. The molecule has 1 aliphatic rings. The zero-order valence-electron chi connectivity index (χ0n) is 23.9. The molecular weight excluding hydrogens is 555 g/mol. The zero-order valence-corrected chi connectivity index (χ0v) is 25.5. The van der Waals surface area contributed by atoms with Crippen LogP contribution in [0.25, 0.3) is 11.3 Å². The number of benzene rings is 3. The van der Waals surface area contributed by atoms with Crippen molar-refractivity contribution in [1.29, 1.82) is 0 Å². The summed E-state index contributed by atoms with van der Waals surface area (Å²) in [6.07, 6.45) is 4.76. The first-order chi connectivity index (χ1) is 19.9. The number of aryl methyl sites for hydroxylation is 2. The third-order valence-electron chi connectivity index (χ3n) is 7.48. The summed E-state index contributed by atoms with van der Waals surface area (Å²) in [5.41, 5.74) is 5.15.